The second-order valence-corrected chi connectivity index (χ2v) is 5.04. The Hall–Kier alpha value is -0.720. The van der Waals surface area contributed by atoms with Crippen molar-refractivity contribution < 1.29 is 8.42 Å². The fraction of sp³-hybridized carbons (Fsp3) is 0.125. The minimum absolute atomic E-state index is 0.141. The molecule has 0 saturated carbocycles. The standard InChI is InChI=1S/C8H9BrN2O2S/c1-2-5-11-14(12,13)7-3-4-8(9)10-6-7/h2-4,6,11H,1,5H2. The van der Waals surface area contributed by atoms with Crippen LogP contribution in [0.3, 0.4) is 0 Å². The summed E-state index contributed by atoms with van der Waals surface area (Å²) in [4.78, 5) is 3.97. The minimum atomic E-state index is -3.44. The molecule has 0 fully saturated rings. The van der Waals surface area contributed by atoms with Crippen molar-refractivity contribution >= 4 is 26.0 Å². The normalized spacial score (nSPS) is 11.2. The first kappa shape index (κ1) is 11.4. The molecule has 1 aromatic heterocycles. The van der Waals surface area contributed by atoms with Crippen LogP contribution in [-0.2, 0) is 10.0 Å². The first-order valence-electron chi connectivity index (χ1n) is 3.78. The number of aromatic nitrogens is 1. The molecule has 1 aromatic rings. The Morgan fingerprint density at radius 1 is 1.57 bits per heavy atom. The molecule has 1 rings (SSSR count). The maximum Gasteiger partial charge on any atom is 0.242 e. The number of pyridine rings is 1. The minimum Gasteiger partial charge on any atom is -0.248 e. The number of sulfonamides is 1. The first-order chi connectivity index (χ1) is 6.56. The Bertz CT molecular complexity index is 413. The van der Waals surface area contributed by atoms with Crippen LogP contribution in [0.4, 0.5) is 0 Å². The van der Waals surface area contributed by atoms with Crippen LogP contribution < -0.4 is 4.72 Å². The molecule has 0 aliphatic carbocycles. The molecular formula is C8H9BrN2O2S. The molecule has 0 aromatic carbocycles. The van der Waals surface area contributed by atoms with Crippen molar-refractivity contribution in [3.63, 3.8) is 0 Å². The third-order valence-corrected chi connectivity index (χ3v) is 3.31. The molecule has 0 amide bonds. The molecule has 76 valence electrons. The van der Waals surface area contributed by atoms with Gasteiger partial charge >= 0.3 is 0 Å². The summed E-state index contributed by atoms with van der Waals surface area (Å²) in [6.07, 6.45) is 2.76. The van der Waals surface area contributed by atoms with Crippen LogP contribution in [0, 0.1) is 0 Å². The highest BCUT2D eigenvalue weighted by molar-refractivity contribution is 9.10. The van der Waals surface area contributed by atoms with Gasteiger partial charge in [0.25, 0.3) is 0 Å². The molecule has 0 aliphatic rings. The summed E-state index contributed by atoms with van der Waals surface area (Å²) in [5.74, 6) is 0. The topological polar surface area (TPSA) is 59.1 Å². The van der Waals surface area contributed by atoms with E-state index in [1.165, 1.54) is 18.3 Å². The summed E-state index contributed by atoms with van der Waals surface area (Å²) in [5, 5.41) is 0. The number of halogens is 1. The number of nitrogens with zero attached hydrogens (tertiary/aromatic N) is 1. The first-order valence-corrected chi connectivity index (χ1v) is 6.06. The number of hydrogen-bond acceptors (Lipinski definition) is 3. The average molecular weight is 277 g/mol. The van der Waals surface area contributed by atoms with Crippen molar-refractivity contribution in [3.05, 3.63) is 35.6 Å². The Balaban J connectivity index is 2.93. The maximum atomic E-state index is 11.5. The van der Waals surface area contributed by atoms with Gasteiger partial charge in [0.1, 0.15) is 9.50 Å². The van der Waals surface area contributed by atoms with E-state index in [0.717, 1.165) is 0 Å². The molecule has 1 N–H and O–H groups in total. The van der Waals surface area contributed by atoms with Crippen LogP contribution in [0.2, 0.25) is 0 Å². The lowest BCUT2D eigenvalue weighted by Crippen LogP contribution is -2.23. The predicted octanol–water partition coefficient (Wildman–Crippen LogP) is 1.31. The molecular weight excluding hydrogens is 268 g/mol. The molecule has 6 heteroatoms. The summed E-state index contributed by atoms with van der Waals surface area (Å²) < 4.78 is 25.9. The lowest BCUT2D eigenvalue weighted by Gasteiger charge is -2.03. The molecule has 0 radical (unpaired) electrons. The van der Waals surface area contributed by atoms with Gasteiger partial charge in [-0.2, -0.15) is 0 Å². The molecule has 0 unspecified atom stereocenters. The zero-order valence-corrected chi connectivity index (χ0v) is 9.68. The van der Waals surface area contributed by atoms with E-state index in [9.17, 15) is 8.42 Å². The average Bonchev–Trinajstić information content (AvgIpc) is 2.16. The second-order valence-electron chi connectivity index (χ2n) is 2.46. The van der Waals surface area contributed by atoms with Crippen LogP contribution >= 0.6 is 15.9 Å². The van der Waals surface area contributed by atoms with Gasteiger partial charge in [-0.15, -0.1) is 6.58 Å². The third kappa shape index (κ3) is 2.90. The largest absolute Gasteiger partial charge is 0.248 e. The fourth-order valence-electron chi connectivity index (χ4n) is 0.773. The zero-order chi connectivity index (χ0) is 10.6. The smallest absolute Gasteiger partial charge is 0.242 e. The number of nitrogens with one attached hydrogen (secondary N) is 1. The van der Waals surface area contributed by atoms with E-state index < -0.39 is 10.0 Å². The summed E-state index contributed by atoms with van der Waals surface area (Å²) >= 11 is 3.12. The van der Waals surface area contributed by atoms with E-state index >= 15 is 0 Å². The lowest BCUT2D eigenvalue weighted by molar-refractivity contribution is 0.585. The SMILES string of the molecule is C=CCNS(=O)(=O)c1ccc(Br)nc1. The summed E-state index contributed by atoms with van der Waals surface area (Å²) in [6, 6.07) is 3.05. The van der Waals surface area contributed by atoms with Crippen molar-refractivity contribution in [2.75, 3.05) is 6.54 Å². The molecule has 14 heavy (non-hydrogen) atoms. The van der Waals surface area contributed by atoms with Gasteiger partial charge in [-0.1, -0.05) is 6.08 Å². The lowest BCUT2D eigenvalue weighted by atomic mass is 10.5. The van der Waals surface area contributed by atoms with Crippen molar-refractivity contribution in [2.45, 2.75) is 4.90 Å². The maximum absolute atomic E-state index is 11.5. The molecule has 0 saturated heterocycles. The Labute approximate surface area is 91.2 Å². The summed E-state index contributed by atoms with van der Waals surface area (Å²) in [6.45, 7) is 3.63. The predicted molar refractivity (Wildman–Crippen MR) is 57.3 cm³/mol. The number of hydrogen-bond donors (Lipinski definition) is 1. The van der Waals surface area contributed by atoms with E-state index in [0.29, 0.717) is 4.60 Å². The highest BCUT2D eigenvalue weighted by Crippen LogP contribution is 2.10. The van der Waals surface area contributed by atoms with E-state index in [2.05, 4.69) is 32.2 Å². The van der Waals surface area contributed by atoms with Crippen molar-refractivity contribution in [1.29, 1.82) is 0 Å². The Morgan fingerprint density at radius 3 is 2.79 bits per heavy atom. The van der Waals surface area contributed by atoms with E-state index in [1.807, 2.05) is 0 Å². The van der Waals surface area contributed by atoms with Crippen LogP contribution in [-0.4, -0.2) is 19.9 Å². The van der Waals surface area contributed by atoms with E-state index in [1.54, 1.807) is 6.07 Å². The highest BCUT2D eigenvalue weighted by Gasteiger charge is 2.12. The van der Waals surface area contributed by atoms with Crippen molar-refractivity contribution in [3.8, 4) is 0 Å². The Morgan fingerprint density at radius 2 is 2.29 bits per heavy atom. The highest BCUT2D eigenvalue weighted by atomic mass is 79.9. The van der Waals surface area contributed by atoms with Crippen LogP contribution in [0.1, 0.15) is 0 Å². The van der Waals surface area contributed by atoms with Gasteiger partial charge in [-0.25, -0.2) is 18.1 Å². The van der Waals surface area contributed by atoms with Gasteiger partial charge < -0.3 is 0 Å². The molecule has 1 heterocycles. The molecule has 0 spiro atoms. The van der Waals surface area contributed by atoms with E-state index in [-0.39, 0.29) is 11.4 Å². The monoisotopic (exact) mass is 276 g/mol. The molecule has 4 nitrogen and oxygen atoms in total. The van der Waals surface area contributed by atoms with Crippen LogP contribution in [0.5, 0.6) is 0 Å². The van der Waals surface area contributed by atoms with Gasteiger partial charge in [0.05, 0.1) is 0 Å². The van der Waals surface area contributed by atoms with Gasteiger partial charge in [-0.05, 0) is 28.1 Å². The molecule has 0 bridgehead atoms. The quantitative estimate of drug-likeness (QED) is 0.666. The fourth-order valence-corrected chi connectivity index (χ4v) is 1.95. The van der Waals surface area contributed by atoms with Crippen molar-refractivity contribution in [1.82, 2.24) is 9.71 Å². The zero-order valence-electron chi connectivity index (χ0n) is 7.27. The van der Waals surface area contributed by atoms with Gasteiger partial charge in [0.2, 0.25) is 10.0 Å². The van der Waals surface area contributed by atoms with Gasteiger partial charge in [0, 0.05) is 12.7 Å². The van der Waals surface area contributed by atoms with Gasteiger partial charge in [0.15, 0.2) is 0 Å². The summed E-state index contributed by atoms with van der Waals surface area (Å²) in [5.41, 5.74) is 0. The molecule has 0 atom stereocenters. The molecule has 0 aliphatic heterocycles. The second kappa shape index (κ2) is 4.68. The number of rotatable bonds is 4. The third-order valence-electron chi connectivity index (χ3n) is 1.43. The van der Waals surface area contributed by atoms with Crippen LogP contribution in [0.15, 0.2) is 40.5 Å². The van der Waals surface area contributed by atoms with E-state index in [4.69, 9.17) is 0 Å². The van der Waals surface area contributed by atoms with Gasteiger partial charge in [-0.3, -0.25) is 0 Å². The van der Waals surface area contributed by atoms with Crippen LogP contribution in [0.25, 0.3) is 0 Å². The Kier molecular flexibility index (Phi) is 3.79. The summed E-state index contributed by atoms with van der Waals surface area (Å²) in [7, 11) is -3.44. The van der Waals surface area contributed by atoms with Crippen molar-refractivity contribution in [2.24, 2.45) is 0 Å².